The van der Waals surface area contributed by atoms with Gasteiger partial charge in [-0.2, -0.15) is 5.10 Å². The van der Waals surface area contributed by atoms with E-state index in [9.17, 15) is 0 Å². The third-order valence-corrected chi connectivity index (χ3v) is 1.31. The van der Waals surface area contributed by atoms with Crippen molar-refractivity contribution in [1.82, 2.24) is 10.4 Å². The van der Waals surface area contributed by atoms with E-state index in [0.29, 0.717) is 0 Å². The van der Waals surface area contributed by atoms with Crippen LogP contribution in [0.4, 0.5) is 0 Å². The number of allylic oxidation sites excluding steroid dienone is 1. The highest BCUT2D eigenvalue weighted by atomic mass is 32.1. The molecule has 0 saturated heterocycles. The van der Waals surface area contributed by atoms with E-state index in [0.717, 1.165) is 0 Å². The minimum absolute atomic E-state index is 1.60. The molecule has 0 saturated carbocycles. The Kier molecular flexibility index (Phi) is 8.89. The summed E-state index contributed by atoms with van der Waals surface area (Å²) in [6.07, 6.45) is 7.11. The highest BCUT2D eigenvalue weighted by molar-refractivity contribution is 7.07. The zero-order valence-electron chi connectivity index (χ0n) is 7.27. The van der Waals surface area contributed by atoms with E-state index in [1.54, 1.807) is 35.5 Å². The monoisotopic (exact) mass is 183 g/mol. The van der Waals surface area contributed by atoms with Crippen molar-refractivity contribution in [3.05, 3.63) is 29.4 Å². The van der Waals surface area contributed by atoms with Crippen molar-refractivity contribution in [2.75, 3.05) is 0 Å². The number of nitrogens with zero attached hydrogens (tertiary/aromatic N) is 2. The van der Waals surface area contributed by atoms with Crippen LogP contribution in [0.5, 0.6) is 0 Å². The Balaban J connectivity index is 0.000000211. The van der Waals surface area contributed by atoms with Gasteiger partial charge in [-0.25, -0.2) is 0 Å². The molecule has 0 radical (unpaired) electrons. The Morgan fingerprint density at radius 1 is 1.50 bits per heavy atom. The molecule has 0 aliphatic heterocycles. The Morgan fingerprint density at radius 3 is 2.67 bits per heavy atom. The predicted molar refractivity (Wildman–Crippen MR) is 54.2 cm³/mol. The molecule has 66 valence electrons. The topological polar surface area (TPSA) is 37.3 Å². The molecule has 0 bridgehead atoms. The van der Waals surface area contributed by atoms with Crippen molar-refractivity contribution in [2.24, 2.45) is 5.10 Å². The van der Waals surface area contributed by atoms with E-state index < -0.39 is 0 Å². The minimum atomic E-state index is 1.60. The second-order valence-electron chi connectivity index (χ2n) is 1.69. The largest absolute Gasteiger partial charge is 0.286 e. The molecule has 0 aliphatic rings. The summed E-state index contributed by atoms with van der Waals surface area (Å²) >= 11 is 1.60. The van der Waals surface area contributed by atoms with Gasteiger partial charge in [-0.3, -0.25) is 10.4 Å². The van der Waals surface area contributed by atoms with Crippen LogP contribution in [0.3, 0.4) is 0 Å². The van der Waals surface area contributed by atoms with Crippen LogP contribution in [-0.4, -0.2) is 11.2 Å². The van der Waals surface area contributed by atoms with Crippen LogP contribution in [0, 0.1) is 0 Å². The number of hydrogen-bond acceptors (Lipinski definition) is 4. The van der Waals surface area contributed by atoms with Crippen LogP contribution in [0.15, 0.2) is 34.5 Å². The van der Waals surface area contributed by atoms with Crippen molar-refractivity contribution in [3.63, 3.8) is 0 Å². The van der Waals surface area contributed by atoms with Gasteiger partial charge in [0.15, 0.2) is 0 Å². The van der Waals surface area contributed by atoms with E-state index in [-0.39, 0.29) is 0 Å². The summed E-state index contributed by atoms with van der Waals surface area (Å²) in [5.41, 5.74) is 4.47. The van der Waals surface area contributed by atoms with Crippen molar-refractivity contribution in [1.29, 1.82) is 0 Å². The first-order chi connectivity index (χ1) is 5.91. The maximum atomic E-state index is 3.74. The lowest BCUT2D eigenvalue weighted by molar-refractivity contribution is 0.971. The van der Waals surface area contributed by atoms with Crippen LogP contribution in [0.1, 0.15) is 13.8 Å². The van der Waals surface area contributed by atoms with Crippen molar-refractivity contribution in [3.8, 4) is 0 Å². The van der Waals surface area contributed by atoms with Gasteiger partial charge in [0.2, 0.25) is 0 Å². The van der Waals surface area contributed by atoms with Gasteiger partial charge in [0.1, 0.15) is 0 Å². The highest BCUT2D eigenvalue weighted by Crippen LogP contribution is 1.85. The molecule has 1 aromatic rings. The van der Waals surface area contributed by atoms with Gasteiger partial charge in [0, 0.05) is 24.0 Å². The van der Waals surface area contributed by atoms with Gasteiger partial charge < -0.3 is 0 Å². The molecule has 1 aromatic heterocycles. The zero-order valence-corrected chi connectivity index (χ0v) is 8.08. The molecule has 0 fully saturated rings. The molecule has 0 unspecified atom stereocenters. The van der Waals surface area contributed by atoms with Crippen LogP contribution < -0.4 is 5.43 Å². The zero-order chi connectivity index (χ0) is 9.07. The predicted octanol–water partition coefficient (Wildman–Crippen LogP) is 2.26. The van der Waals surface area contributed by atoms with Crippen molar-refractivity contribution in [2.45, 2.75) is 13.8 Å². The lowest BCUT2D eigenvalue weighted by atomic mass is 10.7. The van der Waals surface area contributed by atoms with Gasteiger partial charge in [-0.15, -0.1) is 11.3 Å². The molecule has 1 N–H and O–H groups in total. The van der Waals surface area contributed by atoms with Crippen LogP contribution in [0.2, 0.25) is 0 Å². The number of nitrogens with one attached hydrogen (secondary N) is 1. The molecule has 0 aliphatic carbocycles. The van der Waals surface area contributed by atoms with Crippen LogP contribution >= 0.6 is 11.3 Å². The summed E-state index contributed by atoms with van der Waals surface area (Å²) in [5, 5.41) is 5.63. The number of hydrogen-bond donors (Lipinski definition) is 1. The molecule has 4 heteroatoms. The normalized spacial score (nSPS) is 9.83. The number of rotatable bonds is 2. The van der Waals surface area contributed by atoms with Crippen molar-refractivity contribution >= 4 is 17.6 Å². The smallest absolute Gasteiger partial charge is 0.0791 e. The highest BCUT2D eigenvalue weighted by Gasteiger charge is 1.59. The molecule has 1 rings (SSSR count). The Hall–Kier alpha value is -1.16. The van der Waals surface area contributed by atoms with Crippen molar-refractivity contribution < 1.29 is 0 Å². The first-order valence-corrected chi connectivity index (χ1v) is 4.52. The third kappa shape index (κ3) is 8.84. The van der Waals surface area contributed by atoms with Gasteiger partial charge >= 0.3 is 0 Å². The summed E-state index contributed by atoms with van der Waals surface area (Å²) in [6, 6.07) is 0. The second-order valence-corrected chi connectivity index (χ2v) is 2.45. The second kappa shape index (κ2) is 9.84. The molecular formula is C8H13N3S. The summed E-state index contributed by atoms with van der Waals surface area (Å²) in [6.45, 7) is 3.79. The molecular weight excluding hydrogens is 170 g/mol. The number of thiazole rings is 1. The van der Waals surface area contributed by atoms with Crippen LogP contribution in [-0.2, 0) is 0 Å². The fourth-order valence-electron chi connectivity index (χ4n) is 0.368. The van der Waals surface area contributed by atoms with E-state index in [1.807, 2.05) is 25.3 Å². The van der Waals surface area contributed by atoms with Gasteiger partial charge in [-0.1, -0.05) is 6.08 Å². The maximum absolute atomic E-state index is 3.74. The van der Waals surface area contributed by atoms with E-state index in [4.69, 9.17) is 0 Å². The molecule has 0 aromatic carbocycles. The quantitative estimate of drug-likeness (QED) is 0.564. The van der Waals surface area contributed by atoms with Gasteiger partial charge in [0.05, 0.1) is 5.51 Å². The first-order valence-electron chi connectivity index (χ1n) is 3.58. The Labute approximate surface area is 76.8 Å². The first kappa shape index (κ1) is 10.8. The fraction of sp³-hybridized carbons (Fsp3) is 0.250. The molecule has 0 spiro atoms. The Bertz CT molecular complexity index is 177. The standard InChI is InChI=1S/C5H10N2.C3H3NS/c1-3-5-7-6-4-2;1-2-5-3-4-1/h3-5,7H,1-2H3;1-3H/b5-3-,6-4-;. The van der Waals surface area contributed by atoms with E-state index >= 15 is 0 Å². The number of hydrazone groups is 1. The summed E-state index contributed by atoms with van der Waals surface area (Å²) < 4.78 is 0. The summed E-state index contributed by atoms with van der Waals surface area (Å²) in [4.78, 5) is 3.74. The maximum Gasteiger partial charge on any atom is 0.0791 e. The molecule has 3 nitrogen and oxygen atoms in total. The van der Waals surface area contributed by atoms with E-state index in [2.05, 4.69) is 15.5 Å². The third-order valence-electron chi connectivity index (χ3n) is 0.792. The minimum Gasteiger partial charge on any atom is -0.286 e. The fourth-order valence-corrected chi connectivity index (χ4v) is 0.719. The van der Waals surface area contributed by atoms with Gasteiger partial charge in [0.25, 0.3) is 0 Å². The number of aromatic nitrogens is 1. The Morgan fingerprint density at radius 2 is 2.33 bits per heavy atom. The molecule has 0 atom stereocenters. The lowest BCUT2D eigenvalue weighted by Crippen LogP contribution is -1.90. The average Bonchev–Trinajstić information content (AvgIpc) is 2.62. The molecule has 1 heterocycles. The summed E-state index contributed by atoms with van der Waals surface area (Å²) in [7, 11) is 0. The SMILES string of the molecule is C/C=C\N/N=C\C.c1cscn1. The van der Waals surface area contributed by atoms with Gasteiger partial charge in [-0.05, 0) is 13.8 Å². The van der Waals surface area contributed by atoms with Crippen LogP contribution in [0.25, 0.3) is 0 Å². The molecule has 12 heavy (non-hydrogen) atoms. The average molecular weight is 183 g/mol. The lowest BCUT2D eigenvalue weighted by Gasteiger charge is -1.81. The van der Waals surface area contributed by atoms with E-state index in [1.165, 1.54) is 0 Å². The summed E-state index contributed by atoms with van der Waals surface area (Å²) in [5.74, 6) is 0. The molecule has 0 amide bonds.